The van der Waals surface area contributed by atoms with Gasteiger partial charge >= 0.3 is 11.7 Å². The number of carbonyl (C=O) groups is 1. The van der Waals surface area contributed by atoms with Crippen LogP contribution in [-0.4, -0.2) is 25.8 Å². The molecule has 2 rings (SSSR count). The summed E-state index contributed by atoms with van der Waals surface area (Å²) in [7, 11) is 0. The van der Waals surface area contributed by atoms with Gasteiger partial charge in [0.1, 0.15) is 6.20 Å². The average Bonchev–Trinajstić information content (AvgIpc) is 2.74. The molecule has 0 fully saturated rings. The van der Waals surface area contributed by atoms with Gasteiger partial charge in [-0.25, -0.2) is 9.48 Å². The second kappa shape index (κ2) is 4.05. The number of hydrogen-bond donors (Lipinski definition) is 1. The third kappa shape index (κ3) is 1.85. The van der Waals surface area contributed by atoms with Gasteiger partial charge in [0.15, 0.2) is 0 Å². The van der Waals surface area contributed by atoms with E-state index in [4.69, 9.17) is 5.11 Å². The van der Waals surface area contributed by atoms with Crippen LogP contribution in [0.1, 0.15) is 10.5 Å². The van der Waals surface area contributed by atoms with Gasteiger partial charge in [-0.15, -0.1) is 0 Å². The van der Waals surface area contributed by atoms with Gasteiger partial charge in [0.05, 0.1) is 10.6 Å². The number of benzene rings is 1. The van der Waals surface area contributed by atoms with Crippen LogP contribution in [0.4, 0.5) is 5.69 Å². The summed E-state index contributed by atoms with van der Waals surface area (Å²) in [4.78, 5) is 20.9. The monoisotopic (exact) mass is 233 g/mol. The molecule has 0 atom stereocenters. The molecule has 2 aromatic rings. The molecule has 0 aliphatic carbocycles. The van der Waals surface area contributed by atoms with Crippen LogP contribution in [0.3, 0.4) is 0 Å². The molecule has 7 heteroatoms. The maximum atomic E-state index is 11.0. The summed E-state index contributed by atoms with van der Waals surface area (Å²) >= 11 is 0. The van der Waals surface area contributed by atoms with E-state index in [1.165, 1.54) is 0 Å². The summed E-state index contributed by atoms with van der Waals surface area (Å²) in [5, 5.41) is 23.4. The fraction of sp³-hybridized carbons (Fsp3) is 0. The fourth-order valence-corrected chi connectivity index (χ4v) is 1.44. The van der Waals surface area contributed by atoms with E-state index in [1.54, 1.807) is 30.3 Å². The van der Waals surface area contributed by atoms with Gasteiger partial charge in [-0.2, -0.15) is 5.10 Å². The Morgan fingerprint density at radius 3 is 2.53 bits per heavy atom. The van der Waals surface area contributed by atoms with Crippen LogP contribution in [-0.2, 0) is 0 Å². The number of para-hydroxylation sites is 1. The first kappa shape index (κ1) is 10.8. The summed E-state index contributed by atoms with van der Waals surface area (Å²) in [6, 6.07) is 8.36. The molecule has 0 radical (unpaired) electrons. The van der Waals surface area contributed by atoms with Crippen LogP contribution in [0.5, 0.6) is 0 Å². The lowest BCUT2D eigenvalue weighted by Gasteiger charge is -2.02. The number of nitro groups is 1. The summed E-state index contributed by atoms with van der Waals surface area (Å²) < 4.78 is 1.03. The minimum Gasteiger partial charge on any atom is -0.476 e. The van der Waals surface area contributed by atoms with Crippen molar-refractivity contribution < 1.29 is 14.8 Å². The number of aromatic nitrogens is 2. The molecule has 17 heavy (non-hydrogen) atoms. The van der Waals surface area contributed by atoms with Crippen molar-refractivity contribution in [2.75, 3.05) is 0 Å². The minimum absolute atomic E-state index is 0.456. The molecule has 1 N–H and O–H groups in total. The van der Waals surface area contributed by atoms with E-state index in [9.17, 15) is 14.9 Å². The predicted molar refractivity (Wildman–Crippen MR) is 57.2 cm³/mol. The molecule has 0 saturated heterocycles. The Morgan fingerprint density at radius 2 is 2.00 bits per heavy atom. The third-order valence-electron chi connectivity index (χ3n) is 2.15. The van der Waals surface area contributed by atoms with Crippen molar-refractivity contribution in [3.63, 3.8) is 0 Å². The lowest BCUT2D eigenvalue weighted by molar-refractivity contribution is -0.385. The normalized spacial score (nSPS) is 10.1. The molecule has 86 valence electrons. The molecule has 1 aromatic heterocycles. The van der Waals surface area contributed by atoms with Gasteiger partial charge in [0.2, 0.25) is 5.69 Å². The van der Waals surface area contributed by atoms with Gasteiger partial charge in [-0.05, 0) is 12.1 Å². The molecule has 0 aliphatic heterocycles. The van der Waals surface area contributed by atoms with E-state index < -0.39 is 22.3 Å². The molecule has 0 aliphatic rings. The van der Waals surface area contributed by atoms with Crippen LogP contribution < -0.4 is 0 Å². The van der Waals surface area contributed by atoms with Gasteiger partial charge < -0.3 is 5.11 Å². The van der Waals surface area contributed by atoms with Crippen LogP contribution >= 0.6 is 0 Å². The first-order valence-corrected chi connectivity index (χ1v) is 4.62. The highest BCUT2D eigenvalue weighted by atomic mass is 16.6. The number of carboxylic acid groups (broad SMARTS) is 1. The van der Waals surface area contributed by atoms with Crippen molar-refractivity contribution in [1.29, 1.82) is 0 Å². The fourth-order valence-electron chi connectivity index (χ4n) is 1.44. The topological polar surface area (TPSA) is 98.3 Å². The number of nitrogens with zero attached hydrogens (tertiary/aromatic N) is 3. The van der Waals surface area contributed by atoms with E-state index in [-0.39, 0.29) is 0 Å². The van der Waals surface area contributed by atoms with E-state index in [2.05, 4.69) is 5.10 Å². The Bertz CT molecular complexity index is 576. The summed E-state index contributed by atoms with van der Waals surface area (Å²) in [5.41, 5.74) is -0.527. The van der Waals surface area contributed by atoms with Gasteiger partial charge in [-0.3, -0.25) is 10.1 Å². The van der Waals surface area contributed by atoms with E-state index in [1.807, 2.05) is 0 Å². The first-order chi connectivity index (χ1) is 8.11. The van der Waals surface area contributed by atoms with Gasteiger partial charge in [0.25, 0.3) is 0 Å². The second-order valence-corrected chi connectivity index (χ2v) is 3.19. The first-order valence-electron chi connectivity index (χ1n) is 4.62. The molecule has 0 bridgehead atoms. The van der Waals surface area contributed by atoms with Crippen molar-refractivity contribution in [1.82, 2.24) is 9.78 Å². The molecule has 0 saturated carbocycles. The van der Waals surface area contributed by atoms with Gasteiger partial charge in [-0.1, -0.05) is 18.2 Å². The number of aromatic carboxylic acids is 1. The third-order valence-corrected chi connectivity index (χ3v) is 2.15. The lowest BCUT2D eigenvalue weighted by atomic mass is 10.3. The largest absolute Gasteiger partial charge is 0.476 e. The Hall–Kier alpha value is -2.70. The van der Waals surface area contributed by atoms with Crippen LogP contribution in [0.15, 0.2) is 36.5 Å². The molecular formula is C10H7N3O4. The Labute approximate surface area is 95.1 Å². The Kier molecular flexibility index (Phi) is 2.57. The molecule has 0 spiro atoms. The zero-order valence-electron chi connectivity index (χ0n) is 8.48. The highest BCUT2D eigenvalue weighted by molar-refractivity contribution is 5.91. The van der Waals surface area contributed by atoms with Crippen molar-refractivity contribution in [3.8, 4) is 5.69 Å². The zero-order chi connectivity index (χ0) is 12.4. The van der Waals surface area contributed by atoms with Crippen molar-refractivity contribution >= 4 is 11.7 Å². The van der Waals surface area contributed by atoms with Crippen LogP contribution in [0, 0.1) is 10.1 Å². The molecular weight excluding hydrogens is 226 g/mol. The zero-order valence-corrected chi connectivity index (χ0v) is 8.48. The second-order valence-electron chi connectivity index (χ2n) is 3.19. The quantitative estimate of drug-likeness (QED) is 0.639. The summed E-state index contributed by atoms with van der Waals surface area (Å²) in [6.07, 6.45) is 0.927. The minimum atomic E-state index is -1.39. The predicted octanol–water partition coefficient (Wildman–Crippen LogP) is 1.48. The molecule has 7 nitrogen and oxygen atoms in total. The van der Waals surface area contributed by atoms with E-state index in [0.29, 0.717) is 5.69 Å². The van der Waals surface area contributed by atoms with Crippen LogP contribution in [0.2, 0.25) is 0 Å². The SMILES string of the molecule is O=C(O)c1c([N+](=O)[O-])cnn1-c1ccccc1. The van der Waals surface area contributed by atoms with Crippen LogP contribution in [0.25, 0.3) is 5.69 Å². The van der Waals surface area contributed by atoms with Crippen molar-refractivity contribution in [2.24, 2.45) is 0 Å². The number of rotatable bonds is 3. The maximum Gasteiger partial charge on any atom is 0.361 e. The standard InChI is InChI=1S/C10H7N3O4/c14-10(15)9-8(13(16)17)6-11-12(9)7-4-2-1-3-5-7/h1-6H,(H,14,15). The van der Waals surface area contributed by atoms with E-state index >= 15 is 0 Å². The maximum absolute atomic E-state index is 11.0. The Balaban J connectivity index is 2.64. The molecule has 0 amide bonds. The highest BCUT2D eigenvalue weighted by Crippen LogP contribution is 2.21. The van der Waals surface area contributed by atoms with Crippen molar-refractivity contribution in [2.45, 2.75) is 0 Å². The molecule has 1 aromatic carbocycles. The number of hydrogen-bond acceptors (Lipinski definition) is 4. The summed E-state index contributed by atoms with van der Waals surface area (Å²) in [5.74, 6) is -1.39. The number of carboxylic acids is 1. The smallest absolute Gasteiger partial charge is 0.361 e. The molecule has 0 unspecified atom stereocenters. The Morgan fingerprint density at radius 1 is 1.35 bits per heavy atom. The summed E-state index contributed by atoms with van der Waals surface area (Å²) in [6.45, 7) is 0. The van der Waals surface area contributed by atoms with E-state index in [0.717, 1.165) is 10.9 Å². The molecule has 1 heterocycles. The lowest BCUT2D eigenvalue weighted by Crippen LogP contribution is -2.09. The van der Waals surface area contributed by atoms with Gasteiger partial charge in [0, 0.05) is 0 Å². The average molecular weight is 233 g/mol. The highest BCUT2D eigenvalue weighted by Gasteiger charge is 2.27. The van der Waals surface area contributed by atoms with Crippen molar-refractivity contribution in [3.05, 3.63) is 52.3 Å².